The summed E-state index contributed by atoms with van der Waals surface area (Å²) in [4.78, 5) is 4.47. The molecule has 0 amide bonds. The van der Waals surface area contributed by atoms with Gasteiger partial charge in [-0.15, -0.1) is 6.58 Å². The summed E-state index contributed by atoms with van der Waals surface area (Å²) in [6.45, 7) is 8.60. The van der Waals surface area contributed by atoms with Gasteiger partial charge in [0.05, 0.1) is 5.52 Å². The molecule has 0 saturated carbocycles. The van der Waals surface area contributed by atoms with Crippen LogP contribution in [-0.4, -0.2) is 9.55 Å². The molecule has 0 fully saturated rings. The molecule has 0 unspecified atom stereocenters. The smallest absolute Gasteiger partial charge is 0.154 e. The lowest BCUT2D eigenvalue weighted by Crippen LogP contribution is -1.99. The minimum Gasteiger partial charge on any atom is -0.455 e. The molecule has 0 bridgehead atoms. The first-order valence-electron chi connectivity index (χ1n) is 7.10. The van der Waals surface area contributed by atoms with Crippen LogP contribution in [-0.2, 0) is 6.54 Å². The highest BCUT2D eigenvalue weighted by Gasteiger charge is 2.16. The number of nitrogens with zero attached hydrogens (tertiary/aromatic N) is 2. The van der Waals surface area contributed by atoms with Crippen molar-refractivity contribution in [3.8, 4) is 11.5 Å². The van der Waals surface area contributed by atoms with E-state index in [1.54, 1.807) is 18.3 Å². The number of rotatable bonds is 4. The Morgan fingerprint density at radius 2 is 1.95 bits per heavy atom. The van der Waals surface area contributed by atoms with E-state index in [0.717, 1.165) is 22.3 Å². The lowest BCUT2D eigenvalue weighted by molar-refractivity contribution is 0.482. The van der Waals surface area contributed by atoms with Crippen molar-refractivity contribution in [3.63, 3.8) is 0 Å². The summed E-state index contributed by atoms with van der Waals surface area (Å²) < 4.78 is 21.1. The SMILES string of the molecule is C=CCn1c(C)c(C)c2nccc(Oc3ccc(F)cc3)c21. The van der Waals surface area contributed by atoms with Gasteiger partial charge in [0.25, 0.3) is 0 Å². The molecule has 0 radical (unpaired) electrons. The van der Waals surface area contributed by atoms with Crippen LogP contribution in [0, 0.1) is 19.7 Å². The van der Waals surface area contributed by atoms with E-state index >= 15 is 0 Å². The number of aryl methyl sites for hydroxylation is 1. The summed E-state index contributed by atoms with van der Waals surface area (Å²) in [6, 6.07) is 7.81. The van der Waals surface area contributed by atoms with Crippen LogP contribution in [0.5, 0.6) is 11.5 Å². The van der Waals surface area contributed by atoms with Gasteiger partial charge in [-0.2, -0.15) is 0 Å². The van der Waals surface area contributed by atoms with Crippen LogP contribution in [0.25, 0.3) is 11.0 Å². The molecule has 1 aromatic carbocycles. The molecule has 0 spiro atoms. The van der Waals surface area contributed by atoms with E-state index in [0.29, 0.717) is 18.0 Å². The Kier molecular flexibility index (Phi) is 3.67. The van der Waals surface area contributed by atoms with Crippen LogP contribution in [0.3, 0.4) is 0 Å². The van der Waals surface area contributed by atoms with Crippen LogP contribution >= 0.6 is 0 Å². The average Bonchev–Trinajstić information content (AvgIpc) is 2.76. The number of pyridine rings is 1. The third kappa shape index (κ3) is 2.37. The first-order valence-corrected chi connectivity index (χ1v) is 7.10. The van der Waals surface area contributed by atoms with Crippen molar-refractivity contribution in [2.75, 3.05) is 0 Å². The minimum absolute atomic E-state index is 0.283. The minimum atomic E-state index is -0.283. The molecule has 0 N–H and O–H groups in total. The van der Waals surface area contributed by atoms with Crippen LogP contribution in [0.15, 0.2) is 49.2 Å². The summed E-state index contributed by atoms with van der Waals surface area (Å²) in [6.07, 6.45) is 3.58. The molecule has 112 valence electrons. The molecule has 3 rings (SSSR count). The number of aromatic nitrogens is 2. The topological polar surface area (TPSA) is 27.1 Å². The lowest BCUT2D eigenvalue weighted by atomic mass is 10.2. The lowest BCUT2D eigenvalue weighted by Gasteiger charge is -2.10. The molecule has 2 aromatic heterocycles. The molecule has 4 heteroatoms. The van der Waals surface area contributed by atoms with Gasteiger partial charge in [-0.1, -0.05) is 6.08 Å². The second kappa shape index (κ2) is 5.64. The highest BCUT2D eigenvalue weighted by molar-refractivity contribution is 5.86. The number of ether oxygens (including phenoxy) is 1. The molecule has 0 aliphatic heterocycles. The van der Waals surface area contributed by atoms with Crippen molar-refractivity contribution in [1.29, 1.82) is 0 Å². The number of benzene rings is 1. The molecule has 0 aliphatic carbocycles. The summed E-state index contributed by atoms with van der Waals surface area (Å²) in [7, 11) is 0. The first kappa shape index (κ1) is 14.3. The molecule has 0 saturated heterocycles. The van der Waals surface area contributed by atoms with Gasteiger partial charge in [0.15, 0.2) is 5.75 Å². The predicted molar refractivity (Wildman–Crippen MR) is 85.9 cm³/mol. The zero-order valence-corrected chi connectivity index (χ0v) is 12.6. The van der Waals surface area contributed by atoms with Crippen molar-refractivity contribution < 1.29 is 9.13 Å². The summed E-state index contributed by atoms with van der Waals surface area (Å²) in [5, 5.41) is 0. The zero-order valence-electron chi connectivity index (χ0n) is 12.6. The van der Waals surface area contributed by atoms with E-state index in [9.17, 15) is 4.39 Å². The van der Waals surface area contributed by atoms with Crippen molar-refractivity contribution in [3.05, 3.63) is 66.3 Å². The van der Waals surface area contributed by atoms with Gasteiger partial charge in [0.1, 0.15) is 17.1 Å². The van der Waals surface area contributed by atoms with Crippen LogP contribution < -0.4 is 4.74 Å². The maximum atomic E-state index is 13.0. The molecule has 3 aromatic rings. The fraction of sp³-hybridized carbons (Fsp3) is 0.167. The van der Waals surface area contributed by atoms with Crippen molar-refractivity contribution in [1.82, 2.24) is 9.55 Å². The third-order valence-electron chi connectivity index (χ3n) is 3.81. The maximum absolute atomic E-state index is 13.0. The van der Waals surface area contributed by atoms with E-state index in [2.05, 4.69) is 23.1 Å². The molecule has 3 nitrogen and oxygen atoms in total. The van der Waals surface area contributed by atoms with Gasteiger partial charge < -0.3 is 9.30 Å². The summed E-state index contributed by atoms with van der Waals surface area (Å²) in [5.74, 6) is 1.01. The van der Waals surface area contributed by atoms with Gasteiger partial charge in [-0.05, 0) is 43.7 Å². The fourth-order valence-electron chi connectivity index (χ4n) is 2.58. The van der Waals surface area contributed by atoms with Crippen LogP contribution in [0.1, 0.15) is 11.3 Å². The molecule has 0 atom stereocenters. The molecule has 0 aliphatic rings. The third-order valence-corrected chi connectivity index (χ3v) is 3.81. The average molecular weight is 296 g/mol. The highest BCUT2D eigenvalue weighted by atomic mass is 19.1. The number of halogens is 1. The zero-order chi connectivity index (χ0) is 15.7. The van der Waals surface area contributed by atoms with Crippen LogP contribution in [0.2, 0.25) is 0 Å². The predicted octanol–water partition coefficient (Wildman–Crippen LogP) is 4.77. The monoisotopic (exact) mass is 296 g/mol. The van der Waals surface area contributed by atoms with Crippen molar-refractivity contribution in [2.45, 2.75) is 20.4 Å². The van der Waals surface area contributed by atoms with E-state index in [1.165, 1.54) is 12.1 Å². The summed E-state index contributed by atoms with van der Waals surface area (Å²) in [5.41, 5.74) is 4.11. The van der Waals surface area contributed by atoms with Crippen molar-refractivity contribution in [2.24, 2.45) is 0 Å². The van der Waals surface area contributed by atoms with Gasteiger partial charge >= 0.3 is 0 Å². The Morgan fingerprint density at radius 1 is 1.23 bits per heavy atom. The number of fused-ring (bicyclic) bond motifs is 1. The van der Waals surface area contributed by atoms with E-state index in [1.807, 2.05) is 19.1 Å². The largest absolute Gasteiger partial charge is 0.455 e. The number of hydrogen-bond acceptors (Lipinski definition) is 2. The van der Waals surface area contributed by atoms with Crippen molar-refractivity contribution >= 4 is 11.0 Å². The Balaban J connectivity index is 2.15. The number of allylic oxidation sites excluding steroid dienone is 1. The Labute approximate surface area is 128 Å². The van der Waals surface area contributed by atoms with Gasteiger partial charge in [-0.3, -0.25) is 4.98 Å². The highest BCUT2D eigenvalue weighted by Crippen LogP contribution is 2.33. The van der Waals surface area contributed by atoms with Gasteiger partial charge in [0.2, 0.25) is 0 Å². The van der Waals surface area contributed by atoms with Gasteiger partial charge in [0, 0.05) is 24.5 Å². The standard InChI is InChI=1S/C18H17FN2O/c1-4-11-21-13(3)12(2)17-18(21)16(9-10-20-17)22-15-7-5-14(19)6-8-15/h4-10H,1,11H2,2-3H3. The summed E-state index contributed by atoms with van der Waals surface area (Å²) >= 11 is 0. The first-order chi connectivity index (χ1) is 10.6. The van der Waals surface area contributed by atoms with E-state index in [4.69, 9.17) is 4.74 Å². The second-order valence-corrected chi connectivity index (χ2v) is 5.17. The Bertz CT molecular complexity index is 834. The molecular weight excluding hydrogens is 279 g/mol. The Morgan fingerprint density at radius 3 is 2.64 bits per heavy atom. The van der Waals surface area contributed by atoms with Gasteiger partial charge in [-0.25, -0.2) is 4.39 Å². The second-order valence-electron chi connectivity index (χ2n) is 5.17. The maximum Gasteiger partial charge on any atom is 0.154 e. The normalized spacial score (nSPS) is 10.9. The molecule has 2 heterocycles. The molecule has 22 heavy (non-hydrogen) atoms. The molecular formula is C18H17FN2O. The fourth-order valence-corrected chi connectivity index (χ4v) is 2.58. The van der Waals surface area contributed by atoms with E-state index < -0.39 is 0 Å². The Hall–Kier alpha value is -2.62. The number of hydrogen-bond donors (Lipinski definition) is 0. The van der Waals surface area contributed by atoms with Crippen LogP contribution in [0.4, 0.5) is 4.39 Å². The quantitative estimate of drug-likeness (QED) is 0.648. The van der Waals surface area contributed by atoms with E-state index in [-0.39, 0.29) is 5.82 Å².